The van der Waals surface area contributed by atoms with Crippen molar-refractivity contribution >= 4 is 37.3 Å². The summed E-state index contributed by atoms with van der Waals surface area (Å²) in [7, 11) is -3.97. The van der Waals surface area contributed by atoms with E-state index in [0.717, 1.165) is 16.3 Å². The van der Waals surface area contributed by atoms with Gasteiger partial charge < -0.3 is 5.11 Å². The molecule has 4 rings (SSSR count). The molecule has 4 aromatic rings. The molecule has 0 radical (unpaired) electrons. The summed E-state index contributed by atoms with van der Waals surface area (Å²) in [4.78, 5) is 0.0569. The summed E-state index contributed by atoms with van der Waals surface area (Å²) in [5, 5.41) is 17.6. The lowest BCUT2D eigenvalue weighted by atomic mass is 9.99. The fourth-order valence-electron chi connectivity index (χ4n) is 3.06. The molecule has 0 aromatic heterocycles. The highest BCUT2D eigenvalue weighted by molar-refractivity contribution is 7.90. The van der Waals surface area contributed by atoms with Gasteiger partial charge in [-0.15, -0.1) is 5.11 Å². The Labute approximate surface area is 156 Å². The Morgan fingerprint density at radius 3 is 1.89 bits per heavy atom. The second-order valence-corrected chi connectivity index (χ2v) is 7.84. The van der Waals surface area contributed by atoms with E-state index in [0.29, 0.717) is 10.8 Å². The summed E-state index contributed by atoms with van der Waals surface area (Å²) in [6.45, 7) is 1.87. The molecule has 1 N–H and O–H groups in total. The van der Waals surface area contributed by atoms with E-state index in [1.54, 1.807) is 30.3 Å². The average molecular weight is 376 g/mol. The second-order valence-electron chi connectivity index (χ2n) is 6.26. The van der Waals surface area contributed by atoms with Crippen molar-refractivity contribution in [1.82, 2.24) is 0 Å². The molecule has 134 valence electrons. The van der Waals surface area contributed by atoms with Gasteiger partial charge in [-0.2, -0.15) is 8.42 Å². The number of hydrogen-bond acceptors (Lipinski definition) is 4. The van der Waals surface area contributed by atoms with E-state index in [9.17, 15) is 13.5 Å². The Bertz CT molecular complexity index is 1290. The topological polar surface area (TPSA) is 79.1 Å². The number of rotatable bonds is 3. The molecular weight excluding hydrogens is 360 g/mol. The van der Waals surface area contributed by atoms with E-state index in [-0.39, 0.29) is 16.3 Å². The van der Waals surface area contributed by atoms with Crippen LogP contribution in [-0.4, -0.2) is 13.5 Å². The maximum absolute atomic E-state index is 12.5. The van der Waals surface area contributed by atoms with Crippen LogP contribution in [0.3, 0.4) is 0 Å². The van der Waals surface area contributed by atoms with Crippen LogP contribution >= 0.6 is 0 Å². The molecular formula is C21H16N2O3S. The molecule has 27 heavy (non-hydrogen) atoms. The maximum atomic E-state index is 12.5. The summed E-state index contributed by atoms with van der Waals surface area (Å²) in [6.07, 6.45) is 0. The summed E-state index contributed by atoms with van der Waals surface area (Å²) in [5.74, 6) is -0.0906. The average Bonchev–Trinajstić information content (AvgIpc) is 2.68. The van der Waals surface area contributed by atoms with E-state index in [2.05, 4.69) is 9.63 Å². The number of aryl methyl sites for hydroxylation is 1. The Morgan fingerprint density at radius 1 is 0.741 bits per heavy atom. The second kappa shape index (κ2) is 6.48. The van der Waals surface area contributed by atoms with Crippen molar-refractivity contribution < 1.29 is 13.5 Å². The quantitative estimate of drug-likeness (QED) is 0.380. The molecule has 0 saturated carbocycles. The van der Waals surface area contributed by atoms with Gasteiger partial charge in [0.2, 0.25) is 0 Å². The first-order valence-electron chi connectivity index (χ1n) is 8.34. The lowest BCUT2D eigenvalue weighted by Crippen LogP contribution is -1.95. The van der Waals surface area contributed by atoms with Gasteiger partial charge in [0, 0.05) is 10.8 Å². The van der Waals surface area contributed by atoms with Crippen molar-refractivity contribution in [2.75, 3.05) is 0 Å². The van der Waals surface area contributed by atoms with Crippen LogP contribution in [0.5, 0.6) is 5.75 Å². The minimum atomic E-state index is -3.97. The number of hydrogen-bond donors (Lipinski definition) is 1. The zero-order chi connectivity index (χ0) is 19.0. The Kier molecular flexibility index (Phi) is 4.12. The summed E-state index contributed by atoms with van der Waals surface area (Å²) < 4.78 is 28.6. The molecule has 0 fully saturated rings. The standard InChI is InChI=1S/C21H16N2O3S/c1-14-10-12-15(13-11-14)27(25,26)23-22-20-18-8-4-2-6-16(18)17-7-3-5-9-19(17)21(20)24/h2-13,24H,1H3. The van der Waals surface area contributed by atoms with Gasteiger partial charge in [0.15, 0.2) is 5.75 Å². The van der Waals surface area contributed by atoms with Gasteiger partial charge >= 0.3 is 0 Å². The van der Waals surface area contributed by atoms with Crippen LogP contribution in [0.1, 0.15) is 5.56 Å². The number of benzene rings is 4. The van der Waals surface area contributed by atoms with E-state index in [1.165, 1.54) is 12.1 Å². The Morgan fingerprint density at radius 2 is 1.26 bits per heavy atom. The Balaban J connectivity index is 1.92. The summed E-state index contributed by atoms with van der Waals surface area (Å²) >= 11 is 0. The molecule has 0 amide bonds. The lowest BCUT2D eigenvalue weighted by Gasteiger charge is -2.09. The molecule has 0 aliphatic rings. The van der Waals surface area contributed by atoms with E-state index in [1.807, 2.05) is 37.3 Å². The van der Waals surface area contributed by atoms with Gasteiger partial charge in [0.25, 0.3) is 10.0 Å². The van der Waals surface area contributed by atoms with Gasteiger partial charge in [0.1, 0.15) is 5.69 Å². The molecule has 4 aromatic carbocycles. The van der Waals surface area contributed by atoms with E-state index < -0.39 is 10.0 Å². The fraction of sp³-hybridized carbons (Fsp3) is 0.0476. The number of phenolic OH excluding ortho intramolecular Hbond substituents is 1. The largest absolute Gasteiger partial charge is 0.505 e. The molecule has 0 aliphatic heterocycles. The molecule has 0 atom stereocenters. The van der Waals surface area contributed by atoms with Crippen LogP contribution in [-0.2, 0) is 10.0 Å². The summed E-state index contributed by atoms with van der Waals surface area (Å²) in [6, 6.07) is 21.1. The zero-order valence-electron chi connectivity index (χ0n) is 14.5. The van der Waals surface area contributed by atoms with Gasteiger partial charge in [0.05, 0.1) is 4.90 Å². The molecule has 6 heteroatoms. The van der Waals surface area contributed by atoms with Crippen molar-refractivity contribution in [2.24, 2.45) is 9.63 Å². The van der Waals surface area contributed by atoms with Gasteiger partial charge in [-0.05, 0) is 29.8 Å². The first-order chi connectivity index (χ1) is 13.0. The minimum absolute atomic E-state index is 0.0569. The van der Waals surface area contributed by atoms with Crippen LogP contribution in [0.2, 0.25) is 0 Å². The van der Waals surface area contributed by atoms with E-state index >= 15 is 0 Å². The van der Waals surface area contributed by atoms with Gasteiger partial charge in [-0.3, -0.25) is 0 Å². The van der Waals surface area contributed by atoms with Crippen LogP contribution in [0.4, 0.5) is 5.69 Å². The van der Waals surface area contributed by atoms with Crippen molar-refractivity contribution in [1.29, 1.82) is 0 Å². The number of phenols is 1. The van der Waals surface area contributed by atoms with Crippen LogP contribution in [0.25, 0.3) is 21.5 Å². The van der Waals surface area contributed by atoms with Crippen LogP contribution < -0.4 is 0 Å². The van der Waals surface area contributed by atoms with Crippen LogP contribution in [0.15, 0.2) is 87.3 Å². The molecule has 0 aliphatic carbocycles. The zero-order valence-corrected chi connectivity index (χ0v) is 15.3. The smallest absolute Gasteiger partial charge is 0.299 e. The highest BCUT2D eigenvalue weighted by Gasteiger charge is 2.16. The first-order valence-corrected chi connectivity index (χ1v) is 9.78. The number of nitrogens with zero attached hydrogens (tertiary/aromatic N) is 2. The Hall–Kier alpha value is -3.25. The third-order valence-corrected chi connectivity index (χ3v) is 5.61. The van der Waals surface area contributed by atoms with Crippen molar-refractivity contribution in [3.05, 3.63) is 78.4 Å². The number of aromatic hydroxyl groups is 1. The highest BCUT2D eigenvalue weighted by Crippen LogP contribution is 2.43. The predicted molar refractivity (Wildman–Crippen MR) is 106 cm³/mol. The lowest BCUT2D eigenvalue weighted by molar-refractivity contribution is 0.483. The molecule has 0 saturated heterocycles. The van der Waals surface area contributed by atoms with Crippen molar-refractivity contribution in [2.45, 2.75) is 11.8 Å². The molecule has 0 bridgehead atoms. The third-order valence-electron chi connectivity index (χ3n) is 4.45. The van der Waals surface area contributed by atoms with Crippen molar-refractivity contribution in [3.63, 3.8) is 0 Å². The molecule has 5 nitrogen and oxygen atoms in total. The molecule has 0 unspecified atom stereocenters. The maximum Gasteiger partial charge on any atom is 0.299 e. The summed E-state index contributed by atoms with van der Waals surface area (Å²) in [5.41, 5.74) is 1.09. The molecule has 0 heterocycles. The monoisotopic (exact) mass is 376 g/mol. The number of sulfonamides is 1. The minimum Gasteiger partial charge on any atom is -0.505 e. The number of fused-ring (bicyclic) bond motifs is 3. The van der Waals surface area contributed by atoms with Gasteiger partial charge in [-0.25, -0.2) is 0 Å². The van der Waals surface area contributed by atoms with Crippen molar-refractivity contribution in [3.8, 4) is 5.75 Å². The SMILES string of the molecule is Cc1ccc(S(=O)(=O)N=Nc2c(O)c3ccccc3c3ccccc23)cc1. The first kappa shape index (κ1) is 17.2. The predicted octanol–water partition coefficient (Wildman–Crippen LogP) is 5.48. The fourth-order valence-corrected chi connectivity index (χ4v) is 3.82. The third kappa shape index (κ3) is 3.04. The normalized spacial score (nSPS) is 12.2. The van der Waals surface area contributed by atoms with Crippen LogP contribution in [0, 0.1) is 6.92 Å². The van der Waals surface area contributed by atoms with Gasteiger partial charge in [-0.1, -0.05) is 70.7 Å². The molecule has 0 spiro atoms. The van der Waals surface area contributed by atoms with E-state index in [4.69, 9.17) is 0 Å². The highest BCUT2D eigenvalue weighted by atomic mass is 32.2.